The predicted molar refractivity (Wildman–Crippen MR) is 75.8 cm³/mol. The number of hydrogen-bond acceptors (Lipinski definition) is 11. The highest BCUT2D eigenvalue weighted by atomic mass is 32.2. The van der Waals surface area contributed by atoms with Gasteiger partial charge in [-0.25, -0.2) is 4.79 Å². The van der Waals surface area contributed by atoms with Crippen molar-refractivity contribution in [1.29, 1.82) is 0 Å². The van der Waals surface area contributed by atoms with Crippen LogP contribution in [0.4, 0.5) is 11.4 Å². The number of hydrogen-bond donors (Lipinski definition) is 2. The van der Waals surface area contributed by atoms with E-state index in [0.29, 0.717) is 0 Å². The van der Waals surface area contributed by atoms with E-state index in [2.05, 4.69) is 9.47 Å². The van der Waals surface area contributed by atoms with E-state index < -0.39 is 28.5 Å². The van der Waals surface area contributed by atoms with E-state index >= 15 is 0 Å². The number of carbonyl (C=O) groups excluding carboxylic acids is 2. The lowest BCUT2D eigenvalue weighted by molar-refractivity contribution is -0.137. The first-order valence-electron chi connectivity index (χ1n) is 5.60. The van der Waals surface area contributed by atoms with Gasteiger partial charge in [0.25, 0.3) is 0 Å². The fourth-order valence-corrected chi connectivity index (χ4v) is 2.42. The Labute approximate surface area is 128 Å². The molecule has 0 atom stereocenters. The maximum atomic E-state index is 11.7. The molecule has 122 valence electrons. The molecule has 0 aliphatic rings. The van der Waals surface area contributed by atoms with Crippen LogP contribution in [-0.2, 0) is 14.3 Å². The standard InChI is InChI=1S/C11H12N2O8S/c1-20-9(14)5-22-10-7(11(15)21-2)3-6(12(16)17)4-8(10)13(18)19/h3-4,18-19H,5H2,1-2H3/q-2. The second kappa shape index (κ2) is 7.82. The molecule has 0 saturated carbocycles. The number of nitrogens with zero attached hydrogens (tertiary/aromatic N) is 2. The Kier molecular flexibility index (Phi) is 6.39. The molecule has 0 aliphatic carbocycles. The summed E-state index contributed by atoms with van der Waals surface area (Å²) in [6, 6.07) is 1.75. The fourth-order valence-electron chi connectivity index (χ4n) is 1.46. The minimum atomic E-state index is -0.931. The summed E-state index contributed by atoms with van der Waals surface area (Å²) >= 11 is 0.739. The smallest absolute Gasteiger partial charge is 0.339 e. The molecule has 0 bridgehead atoms. The molecule has 0 fully saturated rings. The normalized spacial score (nSPS) is 10.1. The Morgan fingerprint density at radius 1 is 1.23 bits per heavy atom. The minimum Gasteiger partial charge on any atom is -0.769 e. The molecular weight excluding hydrogens is 320 g/mol. The Balaban J connectivity index is 3.40. The maximum absolute atomic E-state index is 11.7. The third kappa shape index (κ3) is 4.22. The SMILES string of the molecule is COC(=O)CSc1c(C(=O)OC)cc(N([O-])[O-])cc1N(O)O. The lowest BCUT2D eigenvalue weighted by Crippen LogP contribution is -2.17. The van der Waals surface area contributed by atoms with Gasteiger partial charge in [-0.05, 0) is 12.1 Å². The van der Waals surface area contributed by atoms with Crippen molar-refractivity contribution in [1.82, 2.24) is 0 Å². The summed E-state index contributed by atoms with van der Waals surface area (Å²) in [5.74, 6) is -1.81. The van der Waals surface area contributed by atoms with Crippen LogP contribution in [0.15, 0.2) is 17.0 Å². The first-order chi connectivity index (χ1) is 10.3. The van der Waals surface area contributed by atoms with Gasteiger partial charge in [-0.15, -0.1) is 17.0 Å². The van der Waals surface area contributed by atoms with Crippen LogP contribution >= 0.6 is 11.8 Å². The first kappa shape index (κ1) is 18.0. The number of benzene rings is 1. The Morgan fingerprint density at radius 2 is 1.86 bits per heavy atom. The highest BCUT2D eigenvalue weighted by molar-refractivity contribution is 8.00. The highest BCUT2D eigenvalue weighted by Gasteiger charge is 2.21. The number of esters is 2. The predicted octanol–water partition coefficient (Wildman–Crippen LogP) is 1.13. The number of carbonyl (C=O) groups is 2. The summed E-state index contributed by atoms with van der Waals surface area (Å²) in [5.41, 5.74) is -1.27. The zero-order valence-electron chi connectivity index (χ0n) is 11.5. The van der Waals surface area contributed by atoms with Gasteiger partial charge >= 0.3 is 11.9 Å². The molecule has 0 saturated heterocycles. The summed E-state index contributed by atoms with van der Waals surface area (Å²) in [6.45, 7) is 0. The lowest BCUT2D eigenvalue weighted by atomic mass is 10.1. The van der Waals surface area contributed by atoms with Crippen LogP contribution in [0.5, 0.6) is 0 Å². The maximum Gasteiger partial charge on any atom is 0.339 e. The van der Waals surface area contributed by atoms with Crippen LogP contribution < -0.4 is 10.5 Å². The minimum absolute atomic E-state index is 0.0761. The van der Waals surface area contributed by atoms with E-state index in [-0.39, 0.29) is 21.4 Å². The fraction of sp³-hybridized carbons (Fsp3) is 0.273. The van der Waals surface area contributed by atoms with Crippen LogP contribution in [0.3, 0.4) is 0 Å². The molecule has 0 aliphatic heterocycles. The van der Waals surface area contributed by atoms with Crippen molar-refractivity contribution in [3.05, 3.63) is 28.1 Å². The van der Waals surface area contributed by atoms with Crippen molar-refractivity contribution >= 4 is 35.1 Å². The van der Waals surface area contributed by atoms with E-state index in [1.54, 1.807) is 0 Å². The summed E-state index contributed by atoms with van der Waals surface area (Å²) < 4.78 is 8.94. The van der Waals surface area contributed by atoms with Crippen molar-refractivity contribution in [2.45, 2.75) is 4.90 Å². The zero-order chi connectivity index (χ0) is 16.9. The van der Waals surface area contributed by atoms with Gasteiger partial charge in [0.05, 0.1) is 30.4 Å². The van der Waals surface area contributed by atoms with Gasteiger partial charge in [0.15, 0.2) is 0 Å². The quantitative estimate of drug-likeness (QED) is 0.439. The van der Waals surface area contributed by atoms with Gasteiger partial charge in [0, 0.05) is 5.69 Å². The topological polar surface area (TPSA) is 146 Å². The van der Waals surface area contributed by atoms with Crippen molar-refractivity contribution in [2.24, 2.45) is 0 Å². The van der Waals surface area contributed by atoms with E-state index in [1.807, 2.05) is 0 Å². The van der Waals surface area contributed by atoms with Crippen LogP contribution in [0.25, 0.3) is 0 Å². The molecule has 11 heteroatoms. The van der Waals surface area contributed by atoms with Crippen molar-refractivity contribution in [3.8, 4) is 0 Å². The lowest BCUT2D eigenvalue weighted by Gasteiger charge is -2.38. The number of methoxy groups -OCH3 is 2. The number of thioether (sulfide) groups is 1. The molecule has 10 nitrogen and oxygen atoms in total. The van der Waals surface area contributed by atoms with Crippen molar-refractivity contribution in [2.75, 3.05) is 30.4 Å². The molecule has 22 heavy (non-hydrogen) atoms. The van der Waals surface area contributed by atoms with Gasteiger partial charge in [0.1, 0.15) is 5.69 Å². The third-order valence-electron chi connectivity index (χ3n) is 2.45. The second-order valence-electron chi connectivity index (χ2n) is 3.74. The van der Waals surface area contributed by atoms with Gasteiger partial charge in [-0.3, -0.25) is 15.2 Å². The molecule has 0 spiro atoms. The van der Waals surface area contributed by atoms with Gasteiger partial charge in [0.2, 0.25) is 0 Å². The second-order valence-corrected chi connectivity index (χ2v) is 4.73. The van der Waals surface area contributed by atoms with Crippen LogP contribution in [0, 0.1) is 10.4 Å². The van der Waals surface area contributed by atoms with Crippen molar-refractivity contribution < 1.29 is 29.5 Å². The molecular formula is C11H12N2O8S-2. The molecule has 1 aromatic rings. The number of rotatable bonds is 6. The highest BCUT2D eigenvalue weighted by Crippen LogP contribution is 2.37. The Hall–Kier alpha value is -2.05. The van der Waals surface area contributed by atoms with Crippen LogP contribution in [-0.4, -0.2) is 42.3 Å². The van der Waals surface area contributed by atoms with E-state index in [1.165, 1.54) is 0 Å². The van der Waals surface area contributed by atoms with Crippen LogP contribution in [0.1, 0.15) is 10.4 Å². The molecule has 0 radical (unpaired) electrons. The monoisotopic (exact) mass is 332 g/mol. The molecule has 0 unspecified atom stereocenters. The Morgan fingerprint density at radius 3 is 2.32 bits per heavy atom. The van der Waals surface area contributed by atoms with Crippen LogP contribution in [0.2, 0.25) is 0 Å². The molecule has 0 aromatic heterocycles. The number of anilines is 2. The third-order valence-corrected chi connectivity index (χ3v) is 3.55. The summed E-state index contributed by atoms with van der Waals surface area (Å²) in [7, 11) is 2.22. The molecule has 1 rings (SSSR count). The van der Waals surface area contributed by atoms with Gasteiger partial charge in [-0.1, -0.05) is 0 Å². The average Bonchev–Trinajstić information content (AvgIpc) is 2.50. The van der Waals surface area contributed by atoms with Gasteiger partial charge in [-0.2, -0.15) is 0 Å². The molecule has 0 heterocycles. The number of ether oxygens (including phenoxy) is 2. The molecule has 1 aromatic carbocycles. The largest absolute Gasteiger partial charge is 0.769 e. The van der Waals surface area contributed by atoms with E-state index in [9.17, 15) is 30.4 Å². The first-order valence-corrected chi connectivity index (χ1v) is 6.58. The summed E-state index contributed by atoms with van der Waals surface area (Å²) in [6.07, 6.45) is 0. The molecule has 0 amide bonds. The zero-order valence-corrected chi connectivity index (χ0v) is 12.3. The summed E-state index contributed by atoms with van der Waals surface area (Å²) in [5, 5.41) is 38.9. The van der Waals surface area contributed by atoms with Crippen molar-refractivity contribution in [3.63, 3.8) is 0 Å². The van der Waals surface area contributed by atoms with E-state index in [0.717, 1.165) is 38.1 Å². The van der Waals surface area contributed by atoms with E-state index in [4.69, 9.17) is 0 Å². The van der Waals surface area contributed by atoms with Gasteiger partial charge < -0.3 is 25.1 Å². The Bertz CT molecular complexity index is 563. The summed E-state index contributed by atoms with van der Waals surface area (Å²) in [4.78, 5) is 22.9. The average molecular weight is 332 g/mol. The molecule has 2 N–H and O–H groups in total.